The van der Waals surface area contributed by atoms with Crippen molar-refractivity contribution in [2.45, 2.75) is 33.1 Å². The Bertz CT molecular complexity index is 1370. The molecule has 0 bridgehead atoms. The molecule has 8 heteroatoms. The lowest BCUT2D eigenvalue weighted by Gasteiger charge is -2.12. The number of nitrogens with one attached hydrogen (secondary N) is 2. The third-order valence-electron chi connectivity index (χ3n) is 5.71. The lowest BCUT2D eigenvalue weighted by Crippen LogP contribution is -2.34. The van der Waals surface area contributed by atoms with Crippen LogP contribution in [0.2, 0.25) is 5.02 Å². The Balaban J connectivity index is 1.49. The fraction of sp³-hybridized carbons (Fsp3) is 0.222. The van der Waals surface area contributed by atoms with Gasteiger partial charge in [0.25, 0.3) is 5.91 Å². The monoisotopic (exact) mass is 507 g/mol. The van der Waals surface area contributed by atoms with Crippen LogP contribution in [-0.2, 0) is 0 Å². The van der Waals surface area contributed by atoms with E-state index in [4.69, 9.17) is 33.0 Å². The van der Waals surface area contributed by atoms with Gasteiger partial charge in [-0.25, -0.2) is 4.98 Å². The van der Waals surface area contributed by atoms with Crippen molar-refractivity contribution in [1.29, 1.82) is 0 Å². The van der Waals surface area contributed by atoms with Crippen LogP contribution in [-0.4, -0.2) is 22.6 Å². The number of anilines is 1. The standard InChI is InChI=1S/C27H26ClN3O3S/c1-4-16(3)18-9-13-24-23(14-18)29-26(34-24)19-8-12-21(28)22(15-19)30-27(35)31-25(32)17-6-10-20(11-7-17)33-5-2/h6-16H,4-5H2,1-3H3,(H2,30,31,32,35). The number of fused-ring (bicyclic) bond motifs is 1. The van der Waals surface area contributed by atoms with Crippen molar-refractivity contribution in [3.8, 4) is 17.2 Å². The highest BCUT2D eigenvalue weighted by atomic mass is 35.5. The topological polar surface area (TPSA) is 76.4 Å². The van der Waals surface area contributed by atoms with Crippen LogP contribution in [0.25, 0.3) is 22.6 Å². The van der Waals surface area contributed by atoms with Crippen molar-refractivity contribution in [1.82, 2.24) is 10.3 Å². The number of carbonyl (C=O) groups is 1. The van der Waals surface area contributed by atoms with Gasteiger partial charge in [0.15, 0.2) is 10.7 Å². The fourth-order valence-corrected chi connectivity index (χ4v) is 3.93. The van der Waals surface area contributed by atoms with E-state index in [1.807, 2.05) is 19.1 Å². The predicted molar refractivity (Wildman–Crippen MR) is 144 cm³/mol. The summed E-state index contributed by atoms with van der Waals surface area (Å²) in [7, 11) is 0. The fourth-order valence-electron chi connectivity index (χ4n) is 3.56. The quantitative estimate of drug-likeness (QED) is 0.258. The minimum atomic E-state index is -0.339. The van der Waals surface area contributed by atoms with E-state index in [-0.39, 0.29) is 11.0 Å². The van der Waals surface area contributed by atoms with E-state index >= 15 is 0 Å². The zero-order chi connectivity index (χ0) is 24.9. The normalized spacial score (nSPS) is 11.8. The molecule has 0 aliphatic carbocycles. The molecule has 35 heavy (non-hydrogen) atoms. The third-order valence-corrected chi connectivity index (χ3v) is 6.24. The molecule has 2 N–H and O–H groups in total. The first-order valence-corrected chi connectivity index (χ1v) is 12.2. The number of carbonyl (C=O) groups excluding carboxylic acids is 1. The van der Waals surface area contributed by atoms with E-state index in [0.717, 1.165) is 23.1 Å². The van der Waals surface area contributed by atoms with Gasteiger partial charge in [0.1, 0.15) is 11.3 Å². The number of aromatic nitrogens is 1. The first-order chi connectivity index (χ1) is 16.9. The maximum absolute atomic E-state index is 12.5. The molecule has 0 aliphatic heterocycles. The summed E-state index contributed by atoms with van der Waals surface area (Å²) in [6.07, 6.45) is 1.05. The molecule has 0 fully saturated rings. The van der Waals surface area contributed by atoms with Gasteiger partial charge in [-0.05, 0) is 91.6 Å². The van der Waals surface area contributed by atoms with Crippen LogP contribution in [0.1, 0.15) is 49.0 Å². The summed E-state index contributed by atoms with van der Waals surface area (Å²) < 4.78 is 11.4. The lowest BCUT2D eigenvalue weighted by atomic mass is 9.98. The predicted octanol–water partition coefficient (Wildman–Crippen LogP) is 7.19. The largest absolute Gasteiger partial charge is 0.494 e. The zero-order valence-electron chi connectivity index (χ0n) is 19.7. The van der Waals surface area contributed by atoms with E-state index < -0.39 is 0 Å². The average molecular weight is 508 g/mol. The second-order valence-electron chi connectivity index (χ2n) is 8.12. The van der Waals surface area contributed by atoms with Crippen molar-refractivity contribution in [2.24, 2.45) is 0 Å². The highest BCUT2D eigenvalue weighted by molar-refractivity contribution is 7.80. The molecule has 1 heterocycles. The number of thiocarbonyl (C=S) groups is 1. The van der Waals surface area contributed by atoms with Crippen molar-refractivity contribution < 1.29 is 13.9 Å². The number of amides is 1. The molecular formula is C27H26ClN3O3S. The highest BCUT2D eigenvalue weighted by Crippen LogP contribution is 2.31. The van der Waals surface area contributed by atoms with E-state index in [2.05, 4.69) is 41.6 Å². The van der Waals surface area contributed by atoms with E-state index in [1.165, 1.54) is 5.56 Å². The van der Waals surface area contributed by atoms with E-state index in [0.29, 0.717) is 40.4 Å². The molecule has 0 spiro atoms. The molecule has 1 aromatic heterocycles. The van der Waals surface area contributed by atoms with Gasteiger partial charge in [0.05, 0.1) is 17.3 Å². The van der Waals surface area contributed by atoms with Gasteiger partial charge in [0, 0.05) is 11.1 Å². The first kappa shape index (κ1) is 24.7. The Kier molecular flexibility index (Phi) is 7.68. The Labute approximate surface area is 214 Å². The van der Waals surface area contributed by atoms with Crippen molar-refractivity contribution >= 4 is 51.6 Å². The molecule has 0 saturated heterocycles. The molecule has 1 atom stereocenters. The average Bonchev–Trinajstić information content (AvgIpc) is 3.29. The Morgan fingerprint density at radius 3 is 2.60 bits per heavy atom. The minimum absolute atomic E-state index is 0.124. The Morgan fingerprint density at radius 1 is 1.11 bits per heavy atom. The number of benzene rings is 3. The summed E-state index contributed by atoms with van der Waals surface area (Å²) in [5.41, 5.74) is 4.48. The van der Waals surface area contributed by atoms with Crippen molar-refractivity contribution in [3.63, 3.8) is 0 Å². The highest BCUT2D eigenvalue weighted by Gasteiger charge is 2.14. The number of nitrogens with zero attached hydrogens (tertiary/aromatic N) is 1. The number of oxazole rings is 1. The van der Waals surface area contributed by atoms with Gasteiger partial charge in [-0.2, -0.15) is 0 Å². The molecule has 3 aromatic carbocycles. The summed E-state index contributed by atoms with van der Waals surface area (Å²) in [6, 6.07) is 18.3. The maximum Gasteiger partial charge on any atom is 0.257 e. The number of ether oxygens (including phenoxy) is 1. The maximum atomic E-state index is 12.5. The Hall–Kier alpha value is -3.42. The number of hydrogen-bond acceptors (Lipinski definition) is 5. The second-order valence-corrected chi connectivity index (χ2v) is 8.93. The van der Waals surface area contributed by atoms with Crippen LogP contribution >= 0.6 is 23.8 Å². The third kappa shape index (κ3) is 5.81. The molecule has 0 saturated carbocycles. The molecule has 1 amide bonds. The molecule has 6 nitrogen and oxygen atoms in total. The van der Waals surface area contributed by atoms with Crippen LogP contribution in [0.15, 0.2) is 65.1 Å². The van der Waals surface area contributed by atoms with Gasteiger partial charge in [-0.3, -0.25) is 10.1 Å². The summed E-state index contributed by atoms with van der Waals surface area (Å²) in [4.78, 5) is 17.2. The van der Waals surface area contributed by atoms with Crippen LogP contribution in [0.4, 0.5) is 5.69 Å². The second kappa shape index (κ2) is 10.9. The van der Waals surface area contributed by atoms with Gasteiger partial charge < -0.3 is 14.5 Å². The van der Waals surface area contributed by atoms with Gasteiger partial charge in [-0.15, -0.1) is 0 Å². The first-order valence-electron chi connectivity index (χ1n) is 11.4. The zero-order valence-corrected chi connectivity index (χ0v) is 21.3. The minimum Gasteiger partial charge on any atom is -0.494 e. The van der Waals surface area contributed by atoms with Crippen LogP contribution in [0.3, 0.4) is 0 Å². The van der Waals surface area contributed by atoms with Crippen LogP contribution in [0, 0.1) is 0 Å². The lowest BCUT2D eigenvalue weighted by molar-refractivity contribution is 0.0977. The molecule has 0 radical (unpaired) electrons. The van der Waals surface area contributed by atoms with Gasteiger partial charge in [0.2, 0.25) is 5.89 Å². The van der Waals surface area contributed by atoms with E-state index in [1.54, 1.807) is 36.4 Å². The summed E-state index contributed by atoms with van der Waals surface area (Å²) in [6.45, 7) is 6.81. The number of hydrogen-bond donors (Lipinski definition) is 2. The van der Waals surface area contributed by atoms with Crippen LogP contribution in [0.5, 0.6) is 5.75 Å². The molecule has 180 valence electrons. The van der Waals surface area contributed by atoms with Crippen molar-refractivity contribution in [2.75, 3.05) is 11.9 Å². The molecule has 4 rings (SSSR count). The smallest absolute Gasteiger partial charge is 0.257 e. The van der Waals surface area contributed by atoms with Crippen LogP contribution < -0.4 is 15.4 Å². The molecule has 0 aliphatic rings. The molecule has 4 aromatic rings. The molecule has 1 unspecified atom stereocenters. The summed E-state index contributed by atoms with van der Waals surface area (Å²) >= 11 is 11.7. The number of halogens is 1. The van der Waals surface area contributed by atoms with Gasteiger partial charge >= 0.3 is 0 Å². The Morgan fingerprint density at radius 2 is 1.89 bits per heavy atom. The van der Waals surface area contributed by atoms with Crippen molar-refractivity contribution in [3.05, 3.63) is 76.8 Å². The number of rotatable bonds is 7. The summed E-state index contributed by atoms with van der Waals surface area (Å²) in [5.74, 6) is 1.28. The summed E-state index contributed by atoms with van der Waals surface area (Å²) in [5, 5.41) is 6.23. The van der Waals surface area contributed by atoms with Gasteiger partial charge in [-0.1, -0.05) is 31.5 Å². The molecular weight excluding hydrogens is 482 g/mol. The SMILES string of the molecule is CCOc1ccc(C(=O)NC(=S)Nc2cc(-c3nc4cc(C(C)CC)ccc4o3)ccc2Cl)cc1. The van der Waals surface area contributed by atoms with E-state index in [9.17, 15) is 4.79 Å².